The van der Waals surface area contributed by atoms with Gasteiger partial charge in [-0.15, -0.1) is 0 Å². The van der Waals surface area contributed by atoms with Gasteiger partial charge in [-0.1, -0.05) is 72.4 Å². The smallest absolute Gasteiger partial charge is 0.0914 e. The van der Waals surface area contributed by atoms with Crippen molar-refractivity contribution in [3.8, 4) is 0 Å². The van der Waals surface area contributed by atoms with E-state index in [0.29, 0.717) is 0 Å². The molecule has 0 radical (unpaired) electrons. The number of rotatable bonds is 6. The molecule has 0 spiro atoms. The SMILES string of the molecule is CCCCCC(Br)C(O)c1ccccc1. The molecular formula is C13H19BrO. The van der Waals surface area contributed by atoms with Crippen LogP contribution >= 0.6 is 15.9 Å². The highest BCUT2D eigenvalue weighted by Gasteiger charge is 2.16. The van der Waals surface area contributed by atoms with E-state index in [1.807, 2.05) is 30.3 Å². The average molecular weight is 271 g/mol. The van der Waals surface area contributed by atoms with Crippen molar-refractivity contribution in [2.75, 3.05) is 0 Å². The molecule has 0 heterocycles. The molecule has 0 saturated carbocycles. The van der Waals surface area contributed by atoms with Crippen molar-refractivity contribution in [2.24, 2.45) is 0 Å². The minimum absolute atomic E-state index is 0.173. The Morgan fingerprint density at radius 3 is 2.47 bits per heavy atom. The molecular weight excluding hydrogens is 252 g/mol. The molecule has 0 fully saturated rings. The second-order valence-electron chi connectivity index (χ2n) is 3.87. The largest absolute Gasteiger partial charge is 0.387 e. The lowest BCUT2D eigenvalue weighted by molar-refractivity contribution is 0.172. The van der Waals surface area contributed by atoms with E-state index in [-0.39, 0.29) is 10.9 Å². The van der Waals surface area contributed by atoms with Crippen LogP contribution in [0.5, 0.6) is 0 Å². The van der Waals surface area contributed by atoms with E-state index in [0.717, 1.165) is 12.0 Å². The summed E-state index contributed by atoms with van der Waals surface area (Å²) in [6.07, 6.45) is 4.29. The molecule has 0 bridgehead atoms. The Balaban J connectivity index is 2.42. The van der Waals surface area contributed by atoms with Crippen molar-refractivity contribution < 1.29 is 5.11 Å². The van der Waals surface area contributed by atoms with Gasteiger partial charge in [0.2, 0.25) is 0 Å². The summed E-state index contributed by atoms with van der Waals surface area (Å²) in [6, 6.07) is 9.84. The van der Waals surface area contributed by atoms with Crippen LogP contribution in [0.3, 0.4) is 0 Å². The van der Waals surface area contributed by atoms with Crippen LogP contribution in [0.1, 0.15) is 44.3 Å². The summed E-state index contributed by atoms with van der Waals surface area (Å²) in [5.41, 5.74) is 0.996. The van der Waals surface area contributed by atoms with E-state index in [1.54, 1.807) is 0 Å². The fraction of sp³-hybridized carbons (Fsp3) is 0.538. The van der Waals surface area contributed by atoms with Gasteiger partial charge in [-0.3, -0.25) is 0 Å². The predicted octanol–water partition coefficient (Wildman–Crippen LogP) is 4.06. The lowest BCUT2D eigenvalue weighted by atomic mass is 10.0. The Morgan fingerprint density at radius 2 is 1.87 bits per heavy atom. The van der Waals surface area contributed by atoms with Gasteiger partial charge < -0.3 is 5.11 Å². The number of benzene rings is 1. The number of aliphatic hydroxyl groups is 1. The molecule has 2 atom stereocenters. The van der Waals surface area contributed by atoms with Crippen LogP contribution in [0.15, 0.2) is 30.3 Å². The normalized spacial score (nSPS) is 14.9. The Bertz CT molecular complexity index is 260. The van der Waals surface area contributed by atoms with Crippen LogP contribution in [0.25, 0.3) is 0 Å². The van der Waals surface area contributed by atoms with Gasteiger partial charge >= 0.3 is 0 Å². The number of alkyl halides is 1. The summed E-state index contributed by atoms with van der Waals surface area (Å²) in [4.78, 5) is 0.173. The van der Waals surface area contributed by atoms with Crippen LogP contribution < -0.4 is 0 Å². The van der Waals surface area contributed by atoms with E-state index < -0.39 is 0 Å². The third kappa shape index (κ3) is 4.35. The first kappa shape index (κ1) is 12.7. The van der Waals surface area contributed by atoms with Crippen molar-refractivity contribution >= 4 is 15.9 Å². The molecule has 0 aromatic heterocycles. The first-order valence-corrected chi connectivity index (χ1v) is 6.54. The van der Waals surface area contributed by atoms with Gasteiger partial charge in [0.05, 0.1) is 6.10 Å². The zero-order valence-corrected chi connectivity index (χ0v) is 10.8. The van der Waals surface area contributed by atoms with Crippen molar-refractivity contribution in [3.05, 3.63) is 35.9 Å². The van der Waals surface area contributed by atoms with Gasteiger partial charge in [-0.25, -0.2) is 0 Å². The van der Waals surface area contributed by atoms with Crippen molar-refractivity contribution in [1.29, 1.82) is 0 Å². The third-order valence-electron chi connectivity index (χ3n) is 2.57. The number of hydrogen-bond acceptors (Lipinski definition) is 1. The molecule has 0 saturated heterocycles. The van der Waals surface area contributed by atoms with Gasteiger partial charge in [0.15, 0.2) is 0 Å². The lowest BCUT2D eigenvalue weighted by Crippen LogP contribution is -2.11. The summed E-state index contributed by atoms with van der Waals surface area (Å²) < 4.78 is 0. The van der Waals surface area contributed by atoms with Gasteiger partial charge in [-0.05, 0) is 12.0 Å². The molecule has 1 aromatic carbocycles. The Labute approximate surface area is 101 Å². The molecule has 2 unspecified atom stereocenters. The maximum atomic E-state index is 10.0. The third-order valence-corrected chi connectivity index (χ3v) is 3.53. The molecule has 15 heavy (non-hydrogen) atoms. The van der Waals surface area contributed by atoms with Gasteiger partial charge in [0.1, 0.15) is 0 Å². The first-order valence-electron chi connectivity index (χ1n) is 5.62. The number of halogens is 1. The van der Waals surface area contributed by atoms with E-state index in [1.165, 1.54) is 19.3 Å². The summed E-state index contributed by atoms with van der Waals surface area (Å²) in [6.45, 7) is 2.19. The van der Waals surface area contributed by atoms with Crippen LogP contribution in [0.2, 0.25) is 0 Å². The maximum Gasteiger partial charge on any atom is 0.0914 e. The quantitative estimate of drug-likeness (QED) is 0.611. The van der Waals surface area contributed by atoms with E-state index in [9.17, 15) is 5.11 Å². The second kappa shape index (κ2) is 7.02. The zero-order valence-electron chi connectivity index (χ0n) is 9.20. The van der Waals surface area contributed by atoms with E-state index in [4.69, 9.17) is 0 Å². The molecule has 84 valence electrons. The highest BCUT2D eigenvalue weighted by atomic mass is 79.9. The number of aliphatic hydroxyl groups excluding tert-OH is 1. The van der Waals surface area contributed by atoms with Gasteiger partial charge in [-0.2, -0.15) is 0 Å². The molecule has 2 heteroatoms. The summed E-state index contributed by atoms with van der Waals surface area (Å²) in [5.74, 6) is 0. The molecule has 1 rings (SSSR count). The fourth-order valence-corrected chi connectivity index (χ4v) is 2.24. The molecule has 1 nitrogen and oxygen atoms in total. The Hall–Kier alpha value is -0.340. The summed E-state index contributed by atoms with van der Waals surface area (Å²) >= 11 is 3.56. The van der Waals surface area contributed by atoms with Crippen molar-refractivity contribution in [1.82, 2.24) is 0 Å². The van der Waals surface area contributed by atoms with Crippen LogP contribution in [-0.4, -0.2) is 9.93 Å². The minimum atomic E-state index is -0.386. The fourth-order valence-electron chi connectivity index (χ4n) is 1.61. The first-order chi connectivity index (χ1) is 7.25. The topological polar surface area (TPSA) is 20.2 Å². The van der Waals surface area contributed by atoms with Crippen LogP contribution in [0, 0.1) is 0 Å². The zero-order chi connectivity index (χ0) is 11.1. The van der Waals surface area contributed by atoms with E-state index in [2.05, 4.69) is 22.9 Å². The Kier molecular flexibility index (Phi) is 5.96. The highest BCUT2D eigenvalue weighted by molar-refractivity contribution is 9.09. The van der Waals surface area contributed by atoms with Crippen molar-refractivity contribution in [3.63, 3.8) is 0 Å². The number of unbranched alkanes of at least 4 members (excludes halogenated alkanes) is 2. The molecule has 0 aliphatic rings. The monoisotopic (exact) mass is 270 g/mol. The average Bonchev–Trinajstić information content (AvgIpc) is 2.29. The van der Waals surface area contributed by atoms with Crippen LogP contribution in [-0.2, 0) is 0 Å². The summed E-state index contributed by atoms with van der Waals surface area (Å²) in [7, 11) is 0. The van der Waals surface area contributed by atoms with Gasteiger partial charge in [0, 0.05) is 4.83 Å². The standard InChI is InChI=1S/C13H19BrO/c1-2-3-5-10-12(14)13(15)11-8-6-4-7-9-11/h4,6-9,12-13,15H,2-3,5,10H2,1H3. The number of hydrogen-bond donors (Lipinski definition) is 1. The minimum Gasteiger partial charge on any atom is -0.387 e. The highest BCUT2D eigenvalue weighted by Crippen LogP contribution is 2.26. The summed E-state index contributed by atoms with van der Waals surface area (Å²) in [5, 5.41) is 10.0. The maximum absolute atomic E-state index is 10.0. The van der Waals surface area contributed by atoms with Crippen LogP contribution in [0.4, 0.5) is 0 Å². The van der Waals surface area contributed by atoms with Crippen molar-refractivity contribution in [2.45, 2.75) is 43.5 Å². The molecule has 1 aromatic rings. The molecule has 0 aliphatic heterocycles. The second-order valence-corrected chi connectivity index (χ2v) is 5.04. The van der Waals surface area contributed by atoms with E-state index >= 15 is 0 Å². The molecule has 0 amide bonds. The Morgan fingerprint density at radius 1 is 1.20 bits per heavy atom. The molecule has 0 aliphatic carbocycles. The lowest BCUT2D eigenvalue weighted by Gasteiger charge is -2.17. The van der Waals surface area contributed by atoms with Gasteiger partial charge in [0.25, 0.3) is 0 Å². The predicted molar refractivity (Wildman–Crippen MR) is 68.3 cm³/mol. The molecule has 1 N–H and O–H groups in total.